The van der Waals surface area contributed by atoms with Gasteiger partial charge in [0.1, 0.15) is 0 Å². The van der Waals surface area contributed by atoms with Gasteiger partial charge >= 0.3 is 7.12 Å². The Hall–Kier alpha value is -3.02. The Morgan fingerprint density at radius 3 is 1.94 bits per heavy atom. The first kappa shape index (κ1) is 21.8. The molecule has 0 N–H and O–H groups in total. The van der Waals surface area contributed by atoms with E-state index in [1.54, 1.807) is 0 Å². The van der Waals surface area contributed by atoms with Crippen LogP contribution < -0.4 is 0 Å². The zero-order valence-corrected chi connectivity index (χ0v) is 19.7. The van der Waals surface area contributed by atoms with Crippen molar-refractivity contribution in [2.24, 2.45) is 0 Å². The smallest absolute Gasteiger partial charge is 0.403 e. The lowest BCUT2D eigenvalue weighted by Gasteiger charge is -2.32. The third-order valence-electron chi connectivity index (χ3n) is 6.88. The van der Waals surface area contributed by atoms with E-state index in [1.165, 1.54) is 0 Å². The number of benzene rings is 2. The minimum absolute atomic E-state index is 0.179. The summed E-state index contributed by atoms with van der Waals surface area (Å²) >= 11 is 0. The molecule has 1 fully saturated rings. The molecule has 2 aromatic carbocycles. The van der Waals surface area contributed by atoms with E-state index in [-0.39, 0.29) is 24.1 Å². The summed E-state index contributed by atoms with van der Waals surface area (Å²) in [6.45, 7) is 8.38. The van der Waals surface area contributed by atoms with E-state index in [4.69, 9.17) is 19.3 Å². The molecular weight excluding hydrogens is 407 g/mol. The summed E-state index contributed by atoms with van der Waals surface area (Å²) in [4.78, 5) is 9.80. The first-order chi connectivity index (χ1) is 15.8. The second kappa shape index (κ2) is 8.40. The van der Waals surface area contributed by atoms with Gasteiger partial charge < -0.3 is 9.31 Å². The Morgan fingerprint density at radius 2 is 1.36 bits per heavy atom. The molecule has 0 saturated carbocycles. The van der Waals surface area contributed by atoms with Crippen LogP contribution >= 0.6 is 0 Å². The van der Waals surface area contributed by atoms with E-state index in [1.807, 2.05) is 48.5 Å². The number of hydrogen-bond acceptors (Lipinski definition) is 4. The number of aromatic nitrogens is 2. The summed E-state index contributed by atoms with van der Waals surface area (Å²) in [6.07, 6.45) is 7.42. The molecule has 1 aliphatic carbocycles. The van der Waals surface area contributed by atoms with E-state index in [0.29, 0.717) is 0 Å². The monoisotopic (exact) mass is 436 g/mol. The van der Waals surface area contributed by atoms with Crippen LogP contribution in [-0.2, 0) is 9.31 Å². The van der Waals surface area contributed by atoms with Crippen LogP contribution in [0.4, 0.5) is 0 Å². The first-order valence-corrected chi connectivity index (χ1v) is 11.6. The minimum Gasteiger partial charge on any atom is -0.403 e. The topological polar surface area (TPSA) is 44.2 Å². The molecule has 3 aromatic rings. The molecule has 5 rings (SSSR count). The Bertz CT molecular complexity index is 1130. The van der Waals surface area contributed by atoms with Gasteiger partial charge in [-0.3, -0.25) is 0 Å². The molecule has 0 bridgehead atoms. The van der Waals surface area contributed by atoms with Gasteiger partial charge in [0.05, 0.1) is 22.6 Å². The van der Waals surface area contributed by atoms with Crippen molar-refractivity contribution in [2.75, 3.05) is 0 Å². The highest BCUT2D eigenvalue weighted by atomic mass is 16.7. The lowest BCUT2D eigenvalue weighted by atomic mass is 9.68. The molecule has 1 atom stereocenters. The van der Waals surface area contributed by atoms with Gasteiger partial charge in [-0.15, -0.1) is 0 Å². The zero-order chi connectivity index (χ0) is 23.1. The average molecular weight is 436 g/mol. The summed E-state index contributed by atoms with van der Waals surface area (Å²) in [5.74, 6) is 0.910. The summed E-state index contributed by atoms with van der Waals surface area (Å²) in [5.41, 5.74) is 4.38. The molecule has 1 aliphatic heterocycles. The molecule has 166 valence electrons. The van der Waals surface area contributed by atoms with E-state index in [9.17, 15) is 0 Å². The van der Waals surface area contributed by atoms with Gasteiger partial charge in [0.25, 0.3) is 0 Å². The first-order valence-electron chi connectivity index (χ1n) is 11.6. The highest BCUT2D eigenvalue weighted by molar-refractivity contribution is 6.48. The standard InChI is InChI=1S/C28H29BN2O2/c1-27(2)28(3,4)33-29(32-27)23-17-15-21(16-18-23)25-19-24(20-11-7-5-8-12-20)30-26(31-25)22-13-9-6-10-14-22/h5-17,19,23H,18H2,1-4H3. The Labute approximate surface area is 196 Å². The van der Waals surface area contributed by atoms with E-state index in [2.05, 4.69) is 64.1 Å². The van der Waals surface area contributed by atoms with Crippen molar-refractivity contribution in [3.8, 4) is 22.6 Å². The van der Waals surface area contributed by atoms with Crippen LogP contribution in [0.1, 0.15) is 39.8 Å². The van der Waals surface area contributed by atoms with E-state index in [0.717, 1.165) is 40.3 Å². The molecule has 1 aromatic heterocycles. The molecule has 0 radical (unpaired) electrons. The second-order valence-corrected chi connectivity index (χ2v) is 9.74. The van der Waals surface area contributed by atoms with E-state index < -0.39 is 0 Å². The third-order valence-corrected chi connectivity index (χ3v) is 6.88. The second-order valence-electron chi connectivity index (χ2n) is 9.74. The van der Waals surface area contributed by atoms with Gasteiger partial charge in [0.2, 0.25) is 0 Å². The third kappa shape index (κ3) is 4.31. The summed E-state index contributed by atoms with van der Waals surface area (Å²) < 4.78 is 12.5. The van der Waals surface area contributed by atoms with E-state index >= 15 is 0 Å². The molecule has 2 heterocycles. The number of hydrogen-bond donors (Lipinski definition) is 0. The lowest BCUT2D eigenvalue weighted by Crippen LogP contribution is -2.41. The maximum absolute atomic E-state index is 6.27. The van der Waals surface area contributed by atoms with Gasteiger partial charge in [-0.25, -0.2) is 9.97 Å². The quantitative estimate of drug-likeness (QED) is 0.432. The van der Waals surface area contributed by atoms with Crippen LogP contribution in [0.3, 0.4) is 0 Å². The molecule has 0 spiro atoms. The maximum atomic E-state index is 6.27. The summed E-state index contributed by atoms with van der Waals surface area (Å²) in [7, 11) is -0.241. The predicted molar refractivity (Wildman–Crippen MR) is 134 cm³/mol. The molecular formula is C28H29BN2O2. The number of rotatable bonds is 4. The predicted octanol–water partition coefficient (Wildman–Crippen LogP) is 6.62. The Kier molecular flexibility index (Phi) is 5.55. The van der Waals surface area contributed by atoms with Gasteiger partial charge in [-0.2, -0.15) is 0 Å². The normalized spacial score (nSPS) is 21.2. The summed E-state index contributed by atoms with van der Waals surface area (Å²) in [6, 6.07) is 22.5. The SMILES string of the molecule is CC1(C)OB(C2C=CC(c3cc(-c4ccccc4)nc(-c4ccccc4)n3)=CC2)OC1(C)C. The zero-order valence-electron chi connectivity index (χ0n) is 19.7. The molecule has 5 heteroatoms. The lowest BCUT2D eigenvalue weighted by molar-refractivity contribution is 0.00578. The van der Waals surface area contributed by atoms with Crippen LogP contribution in [0.25, 0.3) is 28.2 Å². The van der Waals surface area contributed by atoms with Crippen molar-refractivity contribution in [3.63, 3.8) is 0 Å². The highest BCUT2D eigenvalue weighted by Gasteiger charge is 2.53. The van der Waals surface area contributed by atoms with Gasteiger partial charge in [0.15, 0.2) is 5.82 Å². The Balaban J connectivity index is 1.45. The van der Waals surface area contributed by atoms with Crippen molar-refractivity contribution < 1.29 is 9.31 Å². The van der Waals surface area contributed by atoms with Crippen molar-refractivity contribution in [1.82, 2.24) is 9.97 Å². The molecule has 0 amide bonds. The minimum atomic E-state index is -0.322. The van der Waals surface area contributed by atoms with Crippen LogP contribution in [0.5, 0.6) is 0 Å². The van der Waals surface area contributed by atoms with Gasteiger partial charge in [-0.05, 0) is 45.8 Å². The Morgan fingerprint density at radius 1 is 0.788 bits per heavy atom. The van der Waals surface area contributed by atoms with Gasteiger partial charge in [-0.1, -0.05) is 78.9 Å². The fourth-order valence-electron chi connectivity index (χ4n) is 4.16. The largest absolute Gasteiger partial charge is 0.465 e. The van der Waals surface area contributed by atoms with Gasteiger partial charge in [0, 0.05) is 16.9 Å². The van der Waals surface area contributed by atoms with Crippen molar-refractivity contribution in [1.29, 1.82) is 0 Å². The molecule has 1 unspecified atom stereocenters. The maximum Gasteiger partial charge on any atom is 0.465 e. The van der Waals surface area contributed by atoms with Crippen LogP contribution in [0.15, 0.2) is 85.0 Å². The van der Waals surface area contributed by atoms with Crippen molar-refractivity contribution >= 4 is 12.7 Å². The summed E-state index contributed by atoms with van der Waals surface area (Å²) in [5, 5.41) is 0. The van der Waals surface area contributed by atoms with Crippen LogP contribution in [-0.4, -0.2) is 28.3 Å². The highest BCUT2D eigenvalue weighted by Crippen LogP contribution is 2.42. The van der Waals surface area contributed by atoms with Crippen LogP contribution in [0.2, 0.25) is 5.82 Å². The van der Waals surface area contributed by atoms with Crippen LogP contribution in [0, 0.1) is 0 Å². The average Bonchev–Trinajstić information content (AvgIpc) is 3.07. The number of nitrogens with zero attached hydrogens (tertiary/aromatic N) is 2. The number of allylic oxidation sites excluding steroid dienone is 4. The molecule has 33 heavy (non-hydrogen) atoms. The van der Waals surface area contributed by atoms with Crippen molar-refractivity contribution in [2.45, 2.75) is 51.1 Å². The molecule has 4 nitrogen and oxygen atoms in total. The molecule has 1 saturated heterocycles. The van der Waals surface area contributed by atoms with Crippen molar-refractivity contribution in [3.05, 3.63) is 90.7 Å². The fourth-order valence-corrected chi connectivity index (χ4v) is 4.16. The molecule has 2 aliphatic rings. The fraction of sp³-hybridized carbons (Fsp3) is 0.286.